The van der Waals surface area contributed by atoms with Gasteiger partial charge >= 0.3 is 0 Å². The topological polar surface area (TPSA) is 55.9 Å². The summed E-state index contributed by atoms with van der Waals surface area (Å²) in [5.74, 6) is 0.180. The van der Waals surface area contributed by atoms with Gasteiger partial charge in [-0.3, -0.25) is 14.5 Å². The zero-order valence-electron chi connectivity index (χ0n) is 18.3. The number of amides is 2. The van der Waals surface area contributed by atoms with Crippen LogP contribution in [-0.2, 0) is 17.9 Å². The molecule has 166 valence electrons. The molecule has 0 aliphatic carbocycles. The van der Waals surface area contributed by atoms with Crippen molar-refractivity contribution in [3.05, 3.63) is 57.8 Å². The maximum absolute atomic E-state index is 12.7. The number of rotatable bonds is 6. The number of hydrogen-bond acceptors (Lipinski definition) is 5. The number of carbonyl (C=O) groups is 2. The van der Waals surface area contributed by atoms with Crippen molar-refractivity contribution in [1.82, 2.24) is 20.0 Å². The minimum Gasteiger partial charge on any atom is -0.352 e. The molecule has 2 fully saturated rings. The number of carbonyl (C=O) groups excluding carboxylic acids is 2. The fourth-order valence-electron chi connectivity index (χ4n) is 4.34. The molecular weight excluding hydrogens is 408 g/mol. The smallest absolute Gasteiger partial charge is 0.263 e. The highest BCUT2D eigenvalue weighted by Gasteiger charge is 2.28. The summed E-state index contributed by atoms with van der Waals surface area (Å²) in [7, 11) is 2.17. The quantitative estimate of drug-likeness (QED) is 0.750. The highest BCUT2D eigenvalue weighted by molar-refractivity contribution is 7.12. The lowest BCUT2D eigenvalue weighted by Crippen LogP contribution is -2.43. The van der Waals surface area contributed by atoms with Gasteiger partial charge in [0.05, 0.1) is 4.88 Å². The van der Waals surface area contributed by atoms with E-state index in [0.29, 0.717) is 19.6 Å². The molecule has 3 heterocycles. The summed E-state index contributed by atoms with van der Waals surface area (Å²) in [5.41, 5.74) is 2.45. The zero-order chi connectivity index (χ0) is 21.6. The molecule has 2 aliphatic rings. The van der Waals surface area contributed by atoms with E-state index in [1.807, 2.05) is 22.4 Å². The molecule has 1 aromatic carbocycles. The Morgan fingerprint density at radius 1 is 1.00 bits per heavy atom. The number of piperidine rings is 1. The zero-order valence-corrected chi connectivity index (χ0v) is 19.1. The van der Waals surface area contributed by atoms with Gasteiger partial charge in [-0.2, -0.15) is 0 Å². The predicted molar refractivity (Wildman–Crippen MR) is 124 cm³/mol. The van der Waals surface area contributed by atoms with Gasteiger partial charge in [0.25, 0.3) is 5.91 Å². The number of thiophene rings is 1. The molecule has 7 heteroatoms. The Morgan fingerprint density at radius 2 is 1.74 bits per heavy atom. The molecule has 2 saturated heterocycles. The molecule has 4 rings (SSSR count). The largest absolute Gasteiger partial charge is 0.352 e. The Kier molecular flexibility index (Phi) is 7.37. The van der Waals surface area contributed by atoms with Gasteiger partial charge in [0.1, 0.15) is 0 Å². The van der Waals surface area contributed by atoms with Crippen LogP contribution in [0, 0.1) is 5.92 Å². The third kappa shape index (κ3) is 5.93. The van der Waals surface area contributed by atoms with Crippen molar-refractivity contribution < 1.29 is 9.59 Å². The number of nitrogens with one attached hydrogen (secondary N) is 1. The first-order valence-corrected chi connectivity index (χ1v) is 12.1. The number of likely N-dealkylation sites (N-methyl/N-ethyl adjacent to an activating group) is 1. The standard InChI is InChI=1S/C24H32N4O2S/c1-26-11-13-27(14-12-26)18-20-5-2-4-19(16-20)17-25-23(29)21-7-9-28(10-8-21)24(30)22-6-3-15-31-22/h2-6,15-16,21H,7-14,17-18H2,1H3,(H,25,29). The van der Waals surface area contributed by atoms with Gasteiger partial charge in [0, 0.05) is 58.3 Å². The molecular formula is C24H32N4O2S. The summed E-state index contributed by atoms with van der Waals surface area (Å²) >= 11 is 1.47. The Morgan fingerprint density at radius 3 is 2.45 bits per heavy atom. The number of benzene rings is 1. The van der Waals surface area contributed by atoms with Crippen LogP contribution >= 0.6 is 11.3 Å². The second-order valence-corrected chi connectivity index (χ2v) is 9.61. The van der Waals surface area contributed by atoms with Gasteiger partial charge in [-0.15, -0.1) is 11.3 Å². The predicted octanol–water partition coefficient (Wildman–Crippen LogP) is 2.66. The minimum atomic E-state index is -0.0130. The lowest BCUT2D eigenvalue weighted by molar-refractivity contribution is -0.126. The molecule has 0 bridgehead atoms. The van der Waals surface area contributed by atoms with Gasteiger partial charge < -0.3 is 15.1 Å². The fraction of sp³-hybridized carbons (Fsp3) is 0.500. The third-order valence-corrected chi connectivity index (χ3v) is 7.20. The summed E-state index contributed by atoms with van der Waals surface area (Å²) in [4.78, 5) is 32.7. The van der Waals surface area contributed by atoms with E-state index >= 15 is 0 Å². The van der Waals surface area contributed by atoms with Gasteiger partial charge in [-0.25, -0.2) is 0 Å². The molecule has 0 spiro atoms. The van der Waals surface area contributed by atoms with Gasteiger partial charge in [-0.1, -0.05) is 30.3 Å². The average molecular weight is 441 g/mol. The summed E-state index contributed by atoms with van der Waals surface area (Å²) in [6.07, 6.45) is 1.46. The molecule has 31 heavy (non-hydrogen) atoms. The minimum absolute atomic E-state index is 0.0130. The van der Waals surface area contributed by atoms with Crippen LogP contribution in [0.5, 0.6) is 0 Å². The number of nitrogens with zero attached hydrogens (tertiary/aromatic N) is 3. The molecule has 1 aromatic heterocycles. The highest BCUT2D eigenvalue weighted by atomic mass is 32.1. The summed E-state index contributed by atoms with van der Waals surface area (Å²) in [5, 5.41) is 5.04. The number of hydrogen-bond donors (Lipinski definition) is 1. The molecule has 2 amide bonds. The monoisotopic (exact) mass is 440 g/mol. The van der Waals surface area contributed by atoms with E-state index in [1.165, 1.54) is 16.9 Å². The highest BCUT2D eigenvalue weighted by Crippen LogP contribution is 2.21. The van der Waals surface area contributed by atoms with Crippen molar-refractivity contribution in [2.45, 2.75) is 25.9 Å². The SMILES string of the molecule is CN1CCN(Cc2cccc(CNC(=O)C3CCN(C(=O)c4cccs4)CC3)c2)CC1. The van der Waals surface area contributed by atoms with Crippen LogP contribution in [0.25, 0.3) is 0 Å². The van der Waals surface area contributed by atoms with E-state index in [4.69, 9.17) is 0 Å². The van der Waals surface area contributed by atoms with E-state index in [-0.39, 0.29) is 17.7 Å². The van der Waals surface area contributed by atoms with Crippen LogP contribution in [0.15, 0.2) is 41.8 Å². The van der Waals surface area contributed by atoms with Crippen LogP contribution < -0.4 is 5.32 Å². The van der Waals surface area contributed by atoms with Crippen molar-refractivity contribution in [3.63, 3.8) is 0 Å². The molecule has 0 unspecified atom stereocenters. The lowest BCUT2D eigenvalue weighted by atomic mass is 9.95. The van der Waals surface area contributed by atoms with Gasteiger partial charge in [0.15, 0.2) is 0 Å². The van der Waals surface area contributed by atoms with Crippen LogP contribution in [0.4, 0.5) is 0 Å². The second-order valence-electron chi connectivity index (χ2n) is 8.66. The molecule has 2 aliphatic heterocycles. The Labute approximate surface area is 188 Å². The van der Waals surface area contributed by atoms with E-state index in [0.717, 1.165) is 56.0 Å². The van der Waals surface area contributed by atoms with Crippen LogP contribution in [0.2, 0.25) is 0 Å². The number of likely N-dealkylation sites (tertiary alicyclic amines) is 1. The summed E-state index contributed by atoms with van der Waals surface area (Å²) in [6, 6.07) is 12.3. The van der Waals surface area contributed by atoms with Crippen molar-refractivity contribution >= 4 is 23.2 Å². The van der Waals surface area contributed by atoms with E-state index in [2.05, 4.69) is 46.4 Å². The molecule has 0 saturated carbocycles. The van der Waals surface area contributed by atoms with Gasteiger partial charge in [0.2, 0.25) is 5.91 Å². The fourth-order valence-corrected chi connectivity index (χ4v) is 5.03. The first-order chi connectivity index (χ1) is 15.1. The molecule has 0 radical (unpaired) electrons. The maximum atomic E-state index is 12.7. The van der Waals surface area contributed by atoms with Crippen molar-refractivity contribution in [2.75, 3.05) is 46.3 Å². The van der Waals surface area contributed by atoms with Crippen LogP contribution in [0.3, 0.4) is 0 Å². The second kappa shape index (κ2) is 10.4. The van der Waals surface area contributed by atoms with E-state index in [9.17, 15) is 9.59 Å². The van der Waals surface area contributed by atoms with Crippen LogP contribution in [0.1, 0.15) is 33.6 Å². The first-order valence-electron chi connectivity index (χ1n) is 11.2. The normalized spacial score (nSPS) is 18.8. The number of piperazine rings is 1. The van der Waals surface area contributed by atoms with Crippen molar-refractivity contribution in [1.29, 1.82) is 0 Å². The molecule has 6 nitrogen and oxygen atoms in total. The van der Waals surface area contributed by atoms with E-state index < -0.39 is 0 Å². The summed E-state index contributed by atoms with van der Waals surface area (Å²) < 4.78 is 0. The summed E-state index contributed by atoms with van der Waals surface area (Å²) in [6.45, 7) is 7.26. The first kappa shape index (κ1) is 22.0. The average Bonchev–Trinajstić information content (AvgIpc) is 3.34. The molecule has 0 atom stereocenters. The molecule has 2 aromatic rings. The van der Waals surface area contributed by atoms with Crippen LogP contribution in [-0.4, -0.2) is 72.8 Å². The lowest BCUT2D eigenvalue weighted by Gasteiger charge is -2.32. The van der Waals surface area contributed by atoms with Crippen molar-refractivity contribution in [3.8, 4) is 0 Å². The maximum Gasteiger partial charge on any atom is 0.263 e. The third-order valence-electron chi connectivity index (χ3n) is 6.35. The molecule has 1 N–H and O–H groups in total. The van der Waals surface area contributed by atoms with Crippen molar-refractivity contribution in [2.24, 2.45) is 5.92 Å². The Balaban J connectivity index is 1.22. The Hall–Kier alpha value is -2.22. The van der Waals surface area contributed by atoms with E-state index in [1.54, 1.807) is 0 Å². The Bertz CT molecular complexity index is 869. The van der Waals surface area contributed by atoms with Gasteiger partial charge in [-0.05, 0) is 42.5 Å².